The van der Waals surface area contributed by atoms with Crippen molar-refractivity contribution < 1.29 is 83.3 Å². The van der Waals surface area contributed by atoms with Gasteiger partial charge in [0.1, 0.15) is 83.2 Å². The van der Waals surface area contributed by atoms with Crippen LogP contribution in [-0.2, 0) is 49.7 Å². The van der Waals surface area contributed by atoms with E-state index in [2.05, 4.69) is 47.9 Å². The van der Waals surface area contributed by atoms with Gasteiger partial charge in [-0.15, -0.1) is 0 Å². The molecule has 9 aliphatic rings. The lowest BCUT2D eigenvalue weighted by Crippen LogP contribution is -2.60. The largest absolute Gasteiger partial charge is 0.507 e. The van der Waals surface area contributed by atoms with Crippen molar-refractivity contribution in [2.75, 3.05) is 21.1 Å². The summed E-state index contributed by atoms with van der Waals surface area (Å²) in [5, 5.41) is 98.4. The first kappa shape index (κ1) is 72.5. The van der Waals surface area contributed by atoms with Gasteiger partial charge in [-0.05, 0) is 164 Å². The van der Waals surface area contributed by atoms with E-state index in [1.807, 2.05) is 13.8 Å². The number of benzene rings is 5. The molecule has 5 heterocycles. The number of hydrogen-bond acceptors (Lipinski definition) is 19. The van der Waals surface area contributed by atoms with Gasteiger partial charge in [0, 0.05) is 37.8 Å². The van der Waals surface area contributed by atoms with Gasteiger partial charge in [-0.25, -0.2) is 0 Å². The highest BCUT2D eigenvalue weighted by molar-refractivity contribution is 6.32. The van der Waals surface area contributed by atoms with Crippen molar-refractivity contribution in [3.05, 3.63) is 117 Å². The second kappa shape index (κ2) is 29.8. The monoisotopic (exact) mass is 1410 g/mol. The minimum Gasteiger partial charge on any atom is -0.507 e. The average Bonchev–Trinajstić information content (AvgIpc) is 1.62. The standard InChI is InChI=1S/C72H86ClN11O17/c1-30(2)17-45(75-5)72(99)84(7)46(18-31(3)4)66(93)82-60-62(89)35-13-16-49(43(73)24-35)101-51-26-38-25-50(64(51)91)100-39-14-11-34(12-15-39)61(88)59-71(98)81-58(67(94)76-6)41-27-48(86)42(29-77-55-36-20-32-19-33(22-36)23-37(55)21-32)63(90)54(41)53-40(9-8-10-47(53)85)57(69(96)83-59)80-68(95)56(38)79-65(92)44(28-52(74)87)78-70(60)97/h8-16,24-27,30-33,36-37,44-46,55-62,75,77,85-86,88-91H,17-23,28-29H2,1-7H3,(H2,74,87)(H,76,94)(H,78,97)(H,79,92)(H,80,95)(H,81,98)(H,82,93)(H,83,96)/t32?,33?,36?,37?,44?,45-,46?,55?,56?,57?,58?,59?,60?,61?,62?/m0/s1. The molecule has 29 heteroatoms. The van der Waals surface area contributed by atoms with Crippen LogP contribution in [0.1, 0.15) is 143 Å². The summed E-state index contributed by atoms with van der Waals surface area (Å²) in [4.78, 5) is 135. The Bertz CT molecular complexity index is 4070. The molecule has 4 saturated carbocycles. The fraction of sp³-hybridized carbons (Fsp3) is 0.458. The van der Waals surface area contributed by atoms with Crippen molar-refractivity contribution in [2.45, 2.75) is 152 Å². The van der Waals surface area contributed by atoms with Gasteiger partial charge in [-0.1, -0.05) is 69.6 Å². The zero-order valence-corrected chi connectivity index (χ0v) is 57.5. The molecule has 538 valence electrons. The van der Waals surface area contributed by atoms with E-state index < -0.39 is 166 Å². The molecular weight excluding hydrogens is 1330 g/mol. The Labute approximate surface area is 587 Å². The number of carbonyl (C=O) groups excluding carboxylic acids is 9. The first-order chi connectivity index (χ1) is 48.0. The third-order valence-electron chi connectivity index (χ3n) is 20.4. The smallest absolute Gasteiger partial charge is 0.248 e. The number of carbonyl (C=O) groups is 9. The maximum absolute atomic E-state index is 16.1. The minimum atomic E-state index is -2.21. The molecule has 9 unspecified atom stereocenters. The van der Waals surface area contributed by atoms with Crippen LogP contribution in [0.25, 0.3) is 11.1 Å². The normalized spacial score (nSPS) is 26.0. The number of aliphatic hydroxyl groups excluding tert-OH is 2. The van der Waals surface area contributed by atoms with Crippen LogP contribution in [-0.4, -0.2) is 146 Å². The molecular formula is C72H86ClN11O17. The number of nitrogens with two attached hydrogens (primary N) is 1. The van der Waals surface area contributed by atoms with Crippen LogP contribution in [0.5, 0.6) is 46.0 Å². The SMILES string of the molecule is CNC(=O)C1NC(=O)C2NC(=O)C(NC(=O)C3NC(=O)C(CC(N)=O)NC(=O)C(NC(=O)C(CC(C)C)N(C)C(=O)[C@H](CC(C)C)NC)C(O)c4ccc(c(Cl)c4)Oc4cc3cc(c4O)Oc3ccc(cc3)C2O)c2cccc(O)c2-c2c1cc(O)c(CNC1C3CC4CC(C3)CC1C4)c2O. The number of aromatic hydroxyl groups is 4. The summed E-state index contributed by atoms with van der Waals surface area (Å²) in [6, 6.07) is 1.46. The van der Waals surface area contributed by atoms with Gasteiger partial charge in [0.15, 0.2) is 11.5 Å². The van der Waals surface area contributed by atoms with Gasteiger partial charge < -0.3 is 98.6 Å². The van der Waals surface area contributed by atoms with Crippen LogP contribution >= 0.6 is 11.6 Å². The molecule has 9 amide bonds. The summed E-state index contributed by atoms with van der Waals surface area (Å²) < 4.78 is 12.6. The highest BCUT2D eigenvalue weighted by atomic mass is 35.5. The van der Waals surface area contributed by atoms with E-state index in [0.29, 0.717) is 30.1 Å². The number of halogens is 1. The molecule has 4 aliphatic carbocycles. The lowest BCUT2D eigenvalue weighted by molar-refractivity contribution is -0.143. The number of hydrogen-bond donors (Lipinski definition) is 16. The molecule has 0 radical (unpaired) electrons. The Morgan fingerprint density at radius 3 is 1.90 bits per heavy atom. The van der Waals surface area contributed by atoms with Crippen LogP contribution < -0.4 is 63.1 Å². The van der Waals surface area contributed by atoms with E-state index in [-0.39, 0.29) is 80.7 Å². The second-order valence-electron chi connectivity index (χ2n) is 28.2. The van der Waals surface area contributed by atoms with Crippen molar-refractivity contribution in [2.24, 2.45) is 41.2 Å². The van der Waals surface area contributed by atoms with Gasteiger partial charge in [-0.2, -0.15) is 0 Å². The predicted octanol–water partition coefficient (Wildman–Crippen LogP) is 4.19. The number of likely N-dealkylation sites (N-methyl/N-ethyl adjacent to an activating group) is 3. The number of fused-ring (bicyclic) bond motifs is 14. The van der Waals surface area contributed by atoms with Crippen LogP contribution in [0.2, 0.25) is 5.02 Å². The van der Waals surface area contributed by atoms with E-state index in [9.17, 15) is 49.8 Å². The summed E-state index contributed by atoms with van der Waals surface area (Å²) in [5.74, 6) is -12.3. The maximum atomic E-state index is 16.1. The van der Waals surface area contributed by atoms with Crippen molar-refractivity contribution in [1.29, 1.82) is 0 Å². The molecule has 0 saturated heterocycles. The second-order valence-corrected chi connectivity index (χ2v) is 28.6. The molecule has 0 aromatic heterocycles. The topological polar surface area (TPSA) is 431 Å². The Morgan fingerprint density at radius 2 is 1.28 bits per heavy atom. The van der Waals surface area contributed by atoms with Crippen molar-refractivity contribution in [3.8, 4) is 57.1 Å². The minimum absolute atomic E-state index is 0.00700. The Kier molecular flexibility index (Phi) is 21.4. The molecule has 28 nitrogen and oxygen atoms in total. The lowest BCUT2D eigenvalue weighted by Gasteiger charge is -2.54. The zero-order chi connectivity index (χ0) is 72.7. The van der Waals surface area contributed by atoms with Crippen molar-refractivity contribution in [3.63, 3.8) is 0 Å². The van der Waals surface area contributed by atoms with Crippen LogP contribution in [0, 0.1) is 35.5 Å². The molecule has 5 aliphatic heterocycles. The third kappa shape index (κ3) is 15.0. The molecule has 5 aromatic rings. The number of phenolic OH excluding ortho intramolecular Hbond substituents is 4. The molecule has 10 atom stereocenters. The number of rotatable bonds is 15. The lowest BCUT2D eigenvalue weighted by atomic mass is 9.54. The number of ether oxygens (including phenoxy) is 2. The highest BCUT2D eigenvalue weighted by Gasteiger charge is 2.49. The summed E-state index contributed by atoms with van der Waals surface area (Å²) >= 11 is 6.94. The molecule has 5 aromatic carbocycles. The van der Waals surface area contributed by atoms with Gasteiger partial charge in [-0.3, -0.25) is 43.2 Å². The van der Waals surface area contributed by atoms with Gasteiger partial charge >= 0.3 is 0 Å². The number of phenols is 4. The fourth-order valence-corrected chi connectivity index (χ4v) is 15.8. The first-order valence-electron chi connectivity index (χ1n) is 33.9. The van der Waals surface area contributed by atoms with E-state index in [4.69, 9.17) is 26.8 Å². The molecule has 4 fully saturated rings. The Balaban J connectivity index is 1.06. The summed E-state index contributed by atoms with van der Waals surface area (Å²) in [5.41, 5.74) is 3.72. The molecule has 0 spiro atoms. The number of amides is 9. The summed E-state index contributed by atoms with van der Waals surface area (Å²) in [6.07, 6.45) is 0.617. The number of nitrogens with zero attached hydrogens (tertiary/aromatic N) is 1. The predicted molar refractivity (Wildman–Crippen MR) is 365 cm³/mol. The number of nitrogens with one attached hydrogen (secondary N) is 9. The fourth-order valence-electron chi connectivity index (χ4n) is 15.5. The van der Waals surface area contributed by atoms with E-state index in [1.54, 1.807) is 20.9 Å². The van der Waals surface area contributed by atoms with Gasteiger partial charge in [0.2, 0.25) is 58.9 Å². The van der Waals surface area contributed by atoms with Gasteiger partial charge in [0.25, 0.3) is 0 Å². The van der Waals surface area contributed by atoms with Gasteiger partial charge in [0.05, 0.1) is 23.0 Å². The Morgan fingerprint density at radius 1 is 0.644 bits per heavy atom. The average molecular weight is 1410 g/mol. The molecule has 101 heavy (non-hydrogen) atoms. The van der Waals surface area contributed by atoms with E-state index in [0.717, 1.165) is 43.9 Å². The maximum Gasteiger partial charge on any atom is 0.248 e. The molecule has 14 rings (SSSR count). The summed E-state index contributed by atoms with van der Waals surface area (Å²) in [6.45, 7) is 7.32. The van der Waals surface area contributed by atoms with E-state index in [1.165, 1.54) is 86.1 Å². The highest BCUT2D eigenvalue weighted by Crippen LogP contribution is 2.55. The summed E-state index contributed by atoms with van der Waals surface area (Å²) in [7, 11) is 4.28. The van der Waals surface area contributed by atoms with E-state index >= 15 is 24.0 Å². The first-order valence-corrected chi connectivity index (χ1v) is 34.3. The zero-order valence-electron chi connectivity index (χ0n) is 56.8. The Hall–Kier alpha value is -9.74. The van der Waals surface area contributed by atoms with Crippen LogP contribution in [0.15, 0.2) is 78.9 Å². The number of aliphatic hydroxyl groups is 2. The van der Waals surface area contributed by atoms with Crippen LogP contribution in [0.4, 0.5) is 0 Å². The molecule has 13 bridgehead atoms. The van der Waals surface area contributed by atoms with Crippen molar-refractivity contribution in [1.82, 2.24) is 52.8 Å². The molecule has 17 N–H and O–H groups in total. The quantitative estimate of drug-likeness (QED) is 0.0698. The van der Waals surface area contributed by atoms with Crippen molar-refractivity contribution >= 4 is 64.8 Å². The van der Waals surface area contributed by atoms with Crippen LogP contribution in [0.3, 0.4) is 0 Å². The third-order valence-corrected chi connectivity index (χ3v) is 20.6. The number of primary amides is 1.